The molecule has 0 aromatic heterocycles. The van der Waals surface area contributed by atoms with Crippen LogP contribution in [0.25, 0.3) is 0 Å². The Bertz CT molecular complexity index is 657. The molecule has 2 unspecified atom stereocenters. The molecule has 0 radical (unpaired) electrons. The predicted molar refractivity (Wildman–Crippen MR) is 135 cm³/mol. The third-order valence-corrected chi connectivity index (χ3v) is 5.91. The molecule has 1 rings (SSSR count). The summed E-state index contributed by atoms with van der Waals surface area (Å²) < 4.78 is 11.5. The second-order valence-corrected chi connectivity index (χ2v) is 9.13. The smallest absolute Gasteiger partial charge is 0.314 e. The Hall–Kier alpha value is -1.92. The van der Waals surface area contributed by atoms with Gasteiger partial charge in [0.2, 0.25) is 0 Å². The lowest BCUT2D eigenvalue weighted by atomic mass is 9.99. The molecule has 1 aromatic rings. The van der Waals surface area contributed by atoms with Gasteiger partial charge in [0, 0.05) is 25.7 Å². The lowest BCUT2D eigenvalue weighted by molar-refractivity contribution is -0.139. The summed E-state index contributed by atoms with van der Waals surface area (Å²) in [6.45, 7) is 10.6. The average Bonchev–Trinajstić information content (AvgIpc) is 2.77. The highest BCUT2D eigenvalue weighted by molar-refractivity contribution is 5.76. The van der Waals surface area contributed by atoms with Crippen LogP contribution in [0.4, 0.5) is 0 Å². The highest BCUT2D eigenvalue weighted by atomic mass is 16.5. The number of benzene rings is 1. The Balaban J connectivity index is 3.00. The van der Waals surface area contributed by atoms with Gasteiger partial charge in [0.05, 0.1) is 11.8 Å². The predicted octanol–water partition coefficient (Wildman–Crippen LogP) is 5.58. The van der Waals surface area contributed by atoms with E-state index in [2.05, 4.69) is 24.1 Å². The largest absolute Gasteiger partial charge is 0.426 e. The Morgan fingerprint density at radius 3 is 1.73 bits per heavy atom. The van der Waals surface area contributed by atoms with Crippen LogP contribution in [0.2, 0.25) is 0 Å². The van der Waals surface area contributed by atoms with Crippen LogP contribution in [0.3, 0.4) is 0 Å². The molecule has 6 heteroatoms. The molecule has 0 heterocycles. The first-order valence-electron chi connectivity index (χ1n) is 12.8. The van der Waals surface area contributed by atoms with Crippen LogP contribution < -0.4 is 14.8 Å². The van der Waals surface area contributed by atoms with Crippen LogP contribution in [0.5, 0.6) is 11.5 Å². The normalized spacial score (nSPS) is 13.1. The molecule has 6 nitrogen and oxygen atoms in total. The molecule has 0 aliphatic heterocycles. The second kappa shape index (κ2) is 16.7. The maximum absolute atomic E-state index is 12.8. The molecule has 2 atom stereocenters. The van der Waals surface area contributed by atoms with Gasteiger partial charge >= 0.3 is 11.9 Å². The van der Waals surface area contributed by atoms with Crippen LogP contribution in [0.1, 0.15) is 84.6 Å². The van der Waals surface area contributed by atoms with Gasteiger partial charge in [0.15, 0.2) is 0 Å². The summed E-state index contributed by atoms with van der Waals surface area (Å²) in [7, 11) is 4.06. The number of unbranched alkanes of at least 4 members (excludes halogenated alkanes) is 2. The number of esters is 2. The summed E-state index contributed by atoms with van der Waals surface area (Å²) in [5, 5.41) is 3.40. The van der Waals surface area contributed by atoms with E-state index in [9.17, 15) is 9.59 Å². The minimum Gasteiger partial charge on any atom is -0.426 e. The Kier molecular flexibility index (Phi) is 14.7. The second-order valence-electron chi connectivity index (χ2n) is 9.13. The molecule has 0 spiro atoms. The fourth-order valence-electron chi connectivity index (χ4n) is 3.66. The number of likely N-dealkylation sites (N-methyl/N-ethyl adjacent to an activating group) is 1. The SMILES string of the molecule is CCCCC(CC)C(=O)Oc1cc(CNCCN(C)C)cc(OC(=O)C(CC)CCCC)c1. The zero-order chi connectivity index (χ0) is 24.6. The molecule has 0 aliphatic carbocycles. The zero-order valence-electron chi connectivity index (χ0n) is 21.7. The minimum absolute atomic E-state index is 0.115. The van der Waals surface area contributed by atoms with Gasteiger partial charge in [-0.15, -0.1) is 0 Å². The van der Waals surface area contributed by atoms with E-state index in [0.29, 0.717) is 18.0 Å². The standard InChI is InChI=1S/C27H46N2O4/c1-7-11-13-22(9-3)26(30)32-24-17-21(20-28-15-16-29(5)6)18-25(19-24)33-27(31)23(10-4)14-12-8-2/h17-19,22-23,28H,7-16,20H2,1-6H3. The Morgan fingerprint density at radius 1 is 0.848 bits per heavy atom. The van der Waals surface area contributed by atoms with Gasteiger partial charge in [0.1, 0.15) is 11.5 Å². The lowest BCUT2D eigenvalue weighted by Crippen LogP contribution is -2.26. The molecule has 0 fully saturated rings. The van der Waals surface area contributed by atoms with Crippen molar-refractivity contribution in [2.75, 3.05) is 27.2 Å². The van der Waals surface area contributed by atoms with Crippen LogP contribution in [-0.2, 0) is 16.1 Å². The monoisotopic (exact) mass is 462 g/mol. The molecule has 0 amide bonds. The third kappa shape index (κ3) is 11.7. The van der Waals surface area contributed by atoms with Crippen molar-refractivity contribution in [3.05, 3.63) is 23.8 Å². The van der Waals surface area contributed by atoms with Crippen molar-refractivity contribution in [2.45, 2.75) is 85.6 Å². The molecule has 1 N–H and O–H groups in total. The number of nitrogens with zero attached hydrogens (tertiary/aromatic N) is 1. The first-order chi connectivity index (χ1) is 15.8. The van der Waals surface area contributed by atoms with Crippen molar-refractivity contribution in [2.24, 2.45) is 11.8 Å². The zero-order valence-corrected chi connectivity index (χ0v) is 21.7. The number of ether oxygens (including phenoxy) is 2. The summed E-state index contributed by atoms with van der Waals surface area (Å²) in [6.07, 6.45) is 7.27. The molecule has 1 aromatic carbocycles. The number of hydrogen-bond donors (Lipinski definition) is 1. The van der Waals surface area contributed by atoms with Crippen LogP contribution in [-0.4, -0.2) is 44.0 Å². The van der Waals surface area contributed by atoms with Crippen LogP contribution >= 0.6 is 0 Å². The van der Waals surface area contributed by atoms with Gasteiger partial charge in [-0.05, 0) is 57.5 Å². The van der Waals surface area contributed by atoms with E-state index < -0.39 is 0 Å². The molecule has 0 saturated heterocycles. The maximum Gasteiger partial charge on any atom is 0.314 e. The van der Waals surface area contributed by atoms with Crippen molar-refractivity contribution in [1.29, 1.82) is 0 Å². The first-order valence-corrected chi connectivity index (χ1v) is 12.8. The van der Waals surface area contributed by atoms with Crippen molar-refractivity contribution in [1.82, 2.24) is 10.2 Å². The topological polar surface area (TPSA) is 67.9 Å². The van der Waals surface area contributed by atoms with Gasteiger partial charge in [-0.1, -0.05) is 53.4 Å². The van der Waals surface area contributed by atoms with Gasteiger partial charge in [-0.25, -0.2) is 0 Å². The Morgan fingerprint density at radius 2 is 1.33 bits per heavy atom. The summed E-state index contributed by atoms with van der Waals surface area (Å²) in [6, 6.07) is 5.38. The molecule has 33 heavy (non-hydrogen) atoms. The van der Waals surface area contributed by atoms with E-state index in [0.717, 1.165) is 70.0 Å². The number of hydrogen-bond acceptors (Lipinski definition) is 6. The molecule has 188 valence electrons. The van der Waals surface area contributed by atoms with Crippen LogP contribution in [0, 0.1) is 11.8 Å². The molecular formula is C27H46N2O4. The lowest BCUT2D eigenvalue weighted by Gasteiger charge is -2.17. The molecular weight excluding hydrogens is 416 g/mol. The molecule has 0 bridgehead atoms. The van der Waals surface area contributed by atoms with Gasteiger partial charge in [-0.3, -0.25) is 9.59 Å². The van der Waals surface area contributed by atoms with Gasteiger partial charge < -0.3 is 19.7 Å². The van der Waals surface area contributed by atoms with Crippen molar-refractivity contribution in [3.8, 4) is 11.5 Å². The number of carbonyl (C=O) groups is 2. The van der Waals surface area contributed by atoms with Crippen molar-refractivity contribution >= 4 is 11.9 Å². The van der Waals surface area contributed by atoms with Crippen molar-refractivity contribution < 1.29 is 19.1 Å². The van der Waals surface area contributed by atoms with E-state index in [-0.39, 0.29) is 23.8 Å². The number of rotatable bonds is 17. The highest BCUT2D eigenvalue weighted by Crippen LogP contribution is 2.27. The van der Waals surface area contributed by atoms with Gasteiger partial charge in [-0.2, -0.15) is 0 Å². The quantitative estimate of drug-likeness (QED) is 0.185. The Labute approximate surface area is 201 Å². The van der Waals surface area contributed by atoms with E-state index in [1.807, 2.05) is 40.1 Å². The summed E-state index contributed by atoms with van der Waals surface area (Å²) in [4.78, 5) is 27.6. The number of carbonyl (C=O) groups excluding carboxylic acids is 2. The van der Waals surface area contributed by atoms with E-state index in [4.69, 9.17) is 9.47 Å². The van der Waals surface area contributed by atoms with E-state index >= 15 is 0 Å². The first kappa shape index (κ1) is 29.1. The minimum atomic E-state index is -0.213. The fraction of sp³-hybridized carbons (Fsp3) is 0.704. The van der Waals surface area contributed by atoms with Gasteiger partial charge in [0.25, 0.3) is 0 Å². The maximum atomic E-state index is 12.8. The fourth-order valence-corrected chi connectivity index (χ4v) is 3.66. The van der Waals surface area contributed by atoms with Crippen molar-refractivity contribution in [3.63, 3.8) is 0 Å². The summed E-state index contributed by atoms with van der Waals surface area (Å²) >= 11 is 0. The summed E-state index contributed by atoms with van der Waals surface area (Å²) in [5.41, 5.74) is 0.921. The molecule has 0 saturated carbocycles. The van der Waals surface area contributed by atoms with E-state index in [1.165, 1.54) is 0 Å². The highest BCUT2D eigenvalue weighted by Gasteiger charge is 2.21. The average molecular weight is 463 g/mol. The summed E-state index contributed by atoms with van der Waals surface area (Å²) in [5.74, 6) is 0.218. The van der Waals surface area contributed by atoms with E-state index in [1.54, 1.807) is 6.07 Å². The molecule has 0 aliphatic rings. The number of nitrogens with one attached hydrogen (secondary N) is 1. The third-order valence-electron chi connectivity index (χ3n) is 5.91. The van der Waals surface area contributed by atoms with Crippen LogP contribution in [0.15, 0.2) is 18.2 Å².